The molecule has 0 radical (unpaired) electrons. The lowest BCUT2D eigenvalue weighted by atomic mass is 9.52. The summed E-state index contributed by atoms with van der Waals surface area (Å²) in [4.78, 5) is 19.3. The van der Waals surface area contributed by atoms with Crippen molar-refractivity contribution in [3.63, 3.8) is 0 Å². The molecule has 1 spiro atoms. The zero-order valence-electron chi connectivity index (χ0n) is 35.9. The number of nitrogens with zero attached hydrogens (tertiary/aromatic N) is 6. The molecule has 5 aromatic carbocycles. The molecule has 0 amide bonds. The smallest absolute Gasteiger partial charge is 0.230 e. The highest BCUT2D eigenvalue weighted by atomic mass is 15.2. The molecule has 2 aliphatic carbocycles. The van der Waals surface area contributed by atoms with Crippen molar-refractivity contribution in [3.05, 3.63) is 195 Å². The summed E-state index contributed by atoms with van der Waals surface area (Å²) in [5.41, 5.74) is 14.3. The first-order valence-electron chi connectivity index (χ1n) is 21.2. The molecule has 61 heavy (non-hydrogen) atoms. The molecule has 0 unspecified atom stereocenters. The molecule has 4 aliphatic rings. The average molecular weight is 791 g/mol. The quantitative estimate of drug-likeness (QED) is 0.163. The van der Waals surface area contributed by atoms with Gasteiger partial charge < -0.3 is 9.80 Å². The SMILES string of the molecule is [C-]#[N+]c1c(C#N)c(N2c3ccccc3C(C)(C)c3ncccc32)c2c(c1N1c3ccccc3C(C)(C)c3ncccc31)C(C)(C)C1(c3ccccc3-c3ccccc31)C2(C)C. The van der Waals surface area contributed by atoms with Gasteiger partial charge in [-0.2, -0.15) is 5.26 Å². The first kappa shape index (κ1) is 37.0. The van der Waals surface area contributed by atoms with Crippen molar-refractivity contribution in [1.29, 1.82) is 5.26 Å². The second-order valence-electron chi connectivity index (χ2n) is 19.2. The topological polar surface area (TPSA) is 60.4 Å². The van der Waals surface area contributed by atoms with Gasteiger partial charge in [0.1, 0.15) is 0 Å². The van der Waals surface area contributed by atoms with Crippen LogP contribution >= 0.6 is 0 Å². The zero-order chi connectivity index (χ0) is 42.4. The van der Waals surface area contributed by atoms with E-state index in [4.69, 9.17) is 9.97 Å². The highest BCUT2D eigenvalue weighted by Crippen LogP contribution is 2.75. The number of nitriles is 1. The van der Waals surface area contributed by atoms with Gasteiger partial charge in [0.25, 0.3) is 0 Å². The molecule has 0 saturated carbocycles. The maximum Gasteiger partial charge on any atom is 0.230 e. The second-order valence-corrected chi connectivity index (χ2v) is 19.2. The lowest BCUT2D eigenvalue weighted by Gasteiger charge is -2.50. The molecule has 0 fully saturated rings. The third-order valence-corrected chi connectivity index (χ3v) is 15.0. The fourth-order valence-corrected chi connectivity index (χ4v) is 12.8. The molecule has 6 nitrogen and oxygen atoms in total. The number of fused-ring (bicyclic) bond motifs is 10. The number of benzene rings is 5. The Bertz CT molecular complexity index is 2840. The average Bonchev–Trinajstić information content (AvgIpc) is 3.65. The summed E-state index contributed by atoms with van der Waals surface area (Å²) in [6.07, 6.45) is 3.73. The van der Waals surface area contributed by atoms with Crippen LogP contribution in [0.2, 0.25) is 0 Å². The Labute approximate surface area is 358 Å². The van der Waals surface area contributed by atoms with Gasteiger partial charge in [0.15, 0.2) is 0 Å². The maximum atomic E-state index is 11.9. The van der Waals surface area contributed by atoms with Crippen molar-refractivity contribution in [2.45, 2.75) is 82.5 Å². The zero-order valence-corrected chi connectivity index (χ0v) is 35.9. The minimum Gasteiger partial charge on any atom is -0.318 e. The van der Waals surface area contributed by atoms with Gasteiger partial charge in [-0.1, -0.05) is 113 Å². The Kier molecular flexibility index (Phi) is 7.31. The second kappa shape index (κ2) is 12.1. The van der Waals surface area contributed by atoms with E-state index in [9.17, 15) is 11.8 Å². The number of aromatic nitrogens is 2. The van der Waals surface area contributed by atoms with Crippen LogP contribution in [0.5, 0.6) is 0 Å². The lowest BCUT2D eigenvalue weighted by molar-refractivity contribution is 0.232. The minimum absolute atomic E-state index is 0.328. The molecule has 2 aliphatic heterocycles. The number of hydrogen-bond acceptors (Lipinski definition) is 5. The fraction of sp³-hybridized carbons (Fsp3) is 0.236. The van der Waals surface area contributed by atoms with Crippen molar-refractivity contribution >= 4 is 39.8 Å². The van der Waals surface area contributed by atoms with Crippen molar-refractivity contribution in [3.8, 4) is 17.2 Å². The standard InChI is InChI=1S/C55H46N6/c1-51(2)38-24-14-16-26-40(38)60(42-28-18-30-58-49(42)51)47-35(32-56)46(57-9)48(61-41-27-17-15-25-39(41)52(3,4)50-43(61)29-19-31-59-50)45-44(47)53(5,6)55(54(45,7)8)36-22-12-10-20-33(36)34-21-11-13-23-37(34)55/h10-31H,1-8H3. The summed E-state index contributed by atoms with van der Waals surface area (Å²) >= 11 is 0. The third kappa shape index (κ3) is 4.20. The number of para-hydroxylation sites is 2. The Hall–Kier alpha value is -7.02. The van der Waals surface area contributed by atoms with Crippen molar-refractivity contribution in [1.82, 2.24) is 9.97 Å². The van der Waals surface area contributed by atoms with Crippen LogP contribution in [0.3, 0.4) is 0 Å². The van der Waals surface area contributed by atoms with Gasteiger partial charge in [-0.15, -0.1) is 0 Å². The highest BCUT2D eigenvalue weighted by molar-refractivity contribution is 6.04. The van der Waals surface area contributed by atoms with Gasteiger partial charge >= 0.3 is 0 Å². The van der Waals surface area contributed by atoms with Crippen molar-refractivity contribution < 1.29 is 0 Å². The van der Waals surface area contributed by atoms with E-state index in [1.54, 1.807) is 0 Å². The first-order chi connectivity index (χ1) is 29.3. The Morgan fingerprint density at radius 3 is 1.36 bits per heavy atom. The molecule has 11 rings (SSSR count). The summed E-state index contributed by atoms with van der Waals surface area (Å²) in [7, 11) is 0. The van der Waals surface area contributed by atoms with E-state index in [1.807, 2.05) is 24.5 Å². The van der Waals surface area contributed by atoms with E-state index in [0.717, 1.165) is 67.8 Å². The van der Waals surface area contributed by atoms with Gasteiger partial charge in [-0.05, 0) is 109 Å². The molecule has 7 aromatic rings. The van der Waals surface area contributed by atoms with Crippen LogP contribution in [-0.2, 0) is 27.1 Å². The Balaban J connectivity index is 1.38. The van der Waals surface area contributed by atoms with E-state index in [0.29, 0.717) is 11.3 Å². The van der Waals surface area contributed by atoms with E-state index in [2.05, 4.69) is 185 Å². The number of rotatable bonds is 2. The fourth-order valence-electron chi connectivity index (χ4n) is 12.8. The summed E-state index contributed by atoms with van der Waals surface area (Å²) < 4.78 is 0. The van der Waals surface area contributed by atoms with Crippen LogP contribution in [-0.4, -0.2) is 9.97 Å². The summed E-state index contributed by atoms with van der Waals surface area (Å²) in [6.45, 7) is 27.8. The van der Waals surface area contributed by atoms with Crippen LogP contribution in [0.1, 0.15) is 106 Å². The van der Waals surface area contributed by atoms with E-state index >= 15 is 0 Å². The normalized spacial score (nSPS) is 18.1. The molecule has 2 aromatic heterocycles. The number of hydrogen-bond donors (Lipinski definition) is 0. The maximum absolute atomic E-state index is 11.9. The van der Waals surface area contributed by atoms with E-state index < -0.39 is 27.1 Å². The molecule has 0 atom stereocenters. The molecular weight excluding hydrogens is 745 g/mol. The first-order valence-corrected chi connectivity index (χ1v) is 21.2. The molecule has 0 bridgehead atoms. The monoisotopic (exact) mass is 790 g/mol. The molecule has 4 heterocycles. The largest absolute Gasteiger partial charge is 0.318 e. The summed E-state index contributed by atoms with van der Waals surface area (Å²) in [6, 6.07) is 45.8. The lowest BCUT2D eigenvalue weighted by Crippen LogP contribution is -2.51. The van der Waals surface area contributed by atoms with Crippen LogP contribution in [0.15, 0.2) is 134 Å². The molecule has 0 saturated heterocycles. The van der Waals surface area contributed by atoms with Gasteiger partial charge in [-0.3, -0.25) is 9.97 Å². The van der Waals surface area contributed by atoms with Gasteiger partial charge in [0.2, 0.25) is 5.69 Å². The molecule has 6 heteroatoms. The Morgan fingerprint density at radius 2 is 0.902 bits per heavy atom. The van der Waals surface area contributed by atoms with E-state index in [1.165, 1.54) is 22.3 Å². The van der Waals surface area contributed by atoms with Crippen LogP contribution in [0.25, 0.3) is 16.0 Å². The van der Waals surface area contributed by atoms with Crippen molar-refractivity contribution in [2.24, 2.45) is 0 Å². The van der Waals surface area contributed by atoms with Gasteiger partial charge in [0, 0.05) is 45.2 Å². The molecule has 296 valence electrons. The minimum atomic E-state index is -0.665. The third-order valence-electron chi connectivity index (χ3n) is 15.0. The van der Waals surface area contributed by atoms with Gasteiger partial charge in [0.05, 0.1) is 58.0 Å². The number of pyridine rings is 2. The molecular formula is C55H46N6. The predicted octanol–water partition coefficient (Wildman–Crippen LogP) is 13.7. The van der Waals surface area contributed by atoms with Crippen LogP contribution < -0.4 is 9.80 Å². The predicted molar refractivity (Wildman–Crippen MR) is 245 cm³/mol. The van der Waals surface area contributed by atoms with Gasteiger partial charge in [-0.25, -0.2) is 4.85 Å². The Morgan fingerprint density at radius 1 is 0.508 bits per heavy atom. The van der Waals surface area contributed by atoms with Crippen LogP contribution in [0.4, 0.5) is 39.8 Å². The highest BCUT2D eigenvalue weighted by Gasteiger charge is 2.69. The summed E-state index contributed by atoms with van der Waals surface area (Å²) in [5, 5.41) is 11.9. The number of anilines is 6. The van der Waals surface area contributed by atoms with Crippen molar-refractivity contribution in [2.75, 3.05) is 9.80 Å². The molecule has 0 N–H and O–H groups in total. The summed E-state index contributed by atoms with van der Waals surface area (Å²) in [5.74, 6) is 0. The van der Waals surface area contributed by atoms with Crippen LogP contribution in [0, 0.1) is 17.9 Å². The van der Waals surface area contributed by atoms with E-state index in [-0.39, 0.29) is 0 Å².